The van der Waals surface area contributed by atoms with Crippen LogP contribution in [0.25, 0.3) is 0 Å². The molecule has 0 aromatic heterocycles. The third kappa shape index (κ3) is 28.7. The Morgan fingerprint density at radius 3 is 1.48 bits per heavy atom. The van der Waals surface area contributed by atoms with Crippen LogP contribution in [0, 0.1) is 0 Å². The van der Waals surface area contributed by atoms with Crippen LogP contribution in [0.3, 0.4) is 0 Å². The first-order valence-corrected chi connectivity index (χ1v) is 9.95. The van der Waals surface area contributed by atoms with Crippen LogP contribution in [-0.2, 0) is 28.4 Å². The number of carbonyl (C=O) groups is 2. The van der Waals surface area contributed by atoms with Crippen molar-refractivity contribution in [2.24, 2.45) is 0 Å². The van der Waals surface area contributed by atoms with E-state index in [1.54, 1.807) is 6.92 Å². The third-order valence-corrected chi connectivity index (χ3v) is 2.39. The molecule has 3 atom stereocenters. The van der Waals surface area contributed by atoms with Crippen molar-refractivity contribution in [1.29, 1.82) is 0 Å². The molecule has 0 fully saturated rings. The first-order chi connectivity index (χ1) is 13.8. The quantitative estimate of drug-likeness (QED) is 0.333. The summed E-state index contributed by atoms with van der Waals surface area (Å²) in [6.45, 7) is 13.1. The SMILES string of the molecule is CC.CC.CC(O)COC(=O)OCCOCC(C)OCCOC(=O)OCC(C)O. The molecule has 29 heavy (non-hydrogen) atoms. The molecule has 0 saturated carbocycles. The molecule has 0 heterocycles. The number of hydrogen-bond acceptors (Lipinski definition) is 10. The molecule has 176 valence electrons. The zero-order valence-electron chi connectivity index (χ0n) is 18.8. The van der Waals surface area contributed by atoms with Crippen LogP contribution >= 0.6 is 0 Å². The molecular weight excluding hydrogens is 388 g/mol. The fraction of sp³-hybridized carbons (Fsp3) is 0.895. The van der Waals surface area contributed by atoms with Crippen molar-refractivity contribution in [2.75, 3.05) is 46.2 Å². The zero-order valence-corrected chi connectivity index (χ0v) is 18.8. The highest BCUT2D eigenvalue weighted by atomic mass is 16.7. The van der Waals surface area contributed by atoms with Crippen LogP contribution in [0.5, 0.6) is 0 Å². The van der Waals surface area contributed by atoms with Gasteiger partial charge in [-0.3, -0.25) is 0 Å². The lowest BCUT2D eigenvalue weighted by Gasteiger charge is -2.14. The van der Waals surface area contributed by atoms with Crippen molar-refractivity contribution in [3.8, 4) is 0 Å². The van der Waals surface area contributed by atoms with E-state index < -0.39 is 24.5 Å². The molecule has 0 aromatic carbocycles. The molecule has 10 nitrogen and oxygen atoms in total. The second kappa shape index (κ2) is 24.4. The summed E-state index contributed by atoms with van der Waals surface area (Å²) in [6.07, 6.45) is -3.48. The maximum atomic E-state index is 11.1. The van der Waals surface area contributed by atoms with E-state index in [1.807, 2.05) is 27.7 Å². The maximum Gasteiger partial charge on any atom is 0.508 e. The molecule has 2 N–H and O–H groups in total. The molecule has 0 bridgehead atoms. The molecule has 0 radical (unpaired) electrons. The lowest BCUT2D eigenvalue weighted by molar-refractivity contribution is -0.0409. The van der Waals surface area contributed by atoms with Crippen LogP contribution < -0.4 is 0 Å². The van der Waals surface area contributed by atoms with Gasteiger partial charge in [0.05, 0.1) is 38.1 Å². The molecule has 10 heteroatoms. The van der Waals surface area contributed by atoms with Gasteiger partial charge in [-0.25, -0.2) is 9.59 Å². The monoisotopic (exact) mass is 428 g/mol. The Kier molecular flexibility index (Phi) is 27.0. The first-order valence-electron chi connectivity index (χ1n) is 9.95. The molecule has 0 rings (SSSR count). The highest BCUT2D eigenvalue weighted by Crippen LogP contribution is 1.95. The number of hydrogen-bond donors (Lipinski definition) is 2. The topological polar surface area (TPSA) is 130 Å². The van der Waals surface area contributed by atoms with E-state index in [9.17, 15) is 9.59 Å². The molecule has 0 aliphatic rings. The standard InChI is InChI=1S/C15H28O10.2C2H6/c1-11(16)8-24-14(18)22-5-4-20-10-13(3)21-6-7-23-15(19)25-9-12(2)17;2*1-2/h11-13,16-17H,4-10H2,1-3H3;2*1-2H3. The lowest BCUT2D eigenvalue weighted by Crippen LogP contribution is -2.22. The van der Waals surface area contributed by atoms with Crippen molar-refractivity contribution >= 4 is 12.3 Å². The van der Waals surface area contributed by atoms with Crippen molar-refractivity contribution in [1.82, 2.24) is 0 Å². The summed E-state index contributed by atoms with van der Waals surface area (Å²) in [5.74, 6) is 0. The summed E-state index contributed by atoms with van der Waals surface area (Å²) >= 11 is 0. The van der Waals surface area contributed by atoms with Gasteiger partial charge < -0.3 is 38.6 Å². The van der Waals surface area contributed by atoms with E-state index in [1.165, 1.54) is 13.8 Å². The van der Waals surface area contributed by atoms with Gasteiger partial charge in [0, 0.05) is 0 Å². The first kappa shape index (κ1) is 32.1. The third-order valence-electron chi connectivity index (χ3n) is 2.39. The number of aliphatic hydroxyl groups is 2. The van der Waals surface area contributed by atoms with Crippen LogP contribution in [0.4, 0.5) is 9.59 Å². The Morgan fingerprint density at radius 2 is 1.07 bits per heavy atom. The molecule has 0 aliphatic carbocycles. The van der Waals surface area contributed by atoms with Gasteiger partial charge in [-0.05, 0) is 20.8 Å². The summed E-state index contributed by atoms with van der Waals surface area (Å²) in [6, 6.07) is 0. The van der Waals surface area contributed by atoms with Gasteiger partial charge in [0.2, 0.25) is 0 Å². The summed E-state index contributed by atoms with van der Waals surface area (Å²) in [7, 11) is 0. The lowest BCUT2D eigenvalue weighted by atomic mass is 10.4. The summed E-state index contributed by atoms with van der Waals surface area (Å²) < 4.78 is 29.2. The molecule has 0 amide bonds. The Labute approximate surface area is 174 Å². The van der Waals surface area contributed by atoms with E-state index >= 15 is 0 Å². The van der Waals surface area contributed by atoms with Crippen LogP contribution in [0.15, 0.2) is 0 Å². The normalized spacial score (nSPS) is 12.7. The number of carbonyl (C=O) groups excluding carboxylic acids is 2. The molecule has 0 aliphatic heterocycles. The van der Waals surface area contributed by atoms with E-state index in [0.717, 1.165) is 0 Å². The Morgan fingerprint density at radius 1 is 0.655 bits per heavy atom. The smallest absolute Gasteiger partial charge is 0.432 e. The minimum absolute atomic E-state index is 0.0151. The highest BCUT2D eigenvalue weighted by molar-refractivity contribution is 5.60. The molecule has 0 aromatic rings. The zero-order chi connectivity index (χ0) is 23.1. The predicted octanol–water partition coefficient (Wildman–Crippen LogP) is 2.53. The minimum Gasteiger partial charge on any atom is -0.432 e. The Hall–Kier alpha value is -1.62. The van der Waals surface area contributed by atoms with Gasteiger partial charge in [-0.2, -0.15) is 0 Å². The van der Waals surface area contributed by atoms with Gasteiger partial charge in [-0.1, -0.05) is 27.7 Å². The summed E-state index contributed by atoms with van der Waals surface area (Å²) in [5.41, 5.74) is 0. The van der Waals surface area contributed by atoms with Crippen LogP contribution in [-0.4, -0.2) is 87.1 Å². The van der Waals surface area contributed by atoms with E-state index in [0.29, 0.717) is 0 Å². The number of aliphatic hydroxyl groups excluding tert-OH is 2. The van der Waals surface area contributed by atoms with Crippen LogP contribution in [0.1, 0.15) is 48.5 Å². The van der Waals surface area contributed by atoms with Crippen molar-refractivity contribution in [3.05, 3.63) is 0 Å². The minimum atomic E-state index is -0.868. The van der Waals surface area contributed by atoms with Crippen molar-refractivity contribution < 1.29 is 48.2 Å². The van der Waals surface area contributed by atoms with Gasteiger partial charge in [0.25, 0.3) is 0 Å². The molecule has 3 unspecified atom stereocenters. The van der Waals surface area contributed by atoms with Gasteiger partial charge in [0.1, 0.15) is 26.4 Å². The van der Waals surface area contributed by atoms with Crippen molar-refractivity contribution in [3.63, 3.8) is 0 Å². The fourth-order valence-corrected chi connectivity index (χ4v) is 1.32. The van der Waals surface area contributed by atoms with E-state index in [-0.39, 0.29) is 52.4 Å². The second-order valence-corrected chi connectivity index (χ2v) is 5.27. The average Bonchev–Trinajstić information content (AvgIpc) is 2.70. The van der Waals surface area contributed by atoms with E-state index in [4.69, 9.17) is 29.2 Å². The van der Waals surface area contributed by atoms with Crippen molar-refractivity contribution in [2.45, 2.75) is 66.8 Å². The predicted molar refractivity (Wildman–Crippen MR) is 107 cm³/mol. The van der Waals surface area contributed by atoms with Gasteiger partial charge in [0.15, 0.2) is 0 Å². The van der Waals surface area contributed by atoms with Gasteiger partial charge >= 0.3 is 12.3 Å². The highest BCUT2D eigenvalue weighted by Gasteiger charge is 2.08. The summed E-state index contributed by atoms with van der Waals surface area (Å²) in [5, 5.41) is 17.9. The summed E-state index contributed by atoms with van der Waals surface area (Å²) in [4.78, 5) is 22.1. The maximum absolute atomic E-state index is 11.1. The number of ether oxygens (including phenoxy) is 6. The Balaban J connectivity index is -0.00000158. The van der Waals surface area contributed by atoms with Crippen LogP contribution in [0.2, 0.25) is 0 Å². The second-order valence-electron chi connectivity index (χ2n) is 5.27. The fourth-order valence-electron chi connectivity index (χ4n) is 1.32. The molecule has 0 spiro atoms. The number of rotatable bonds is 13. The molecular formula is C19H40O10. The molecule has 0 saturated heterocycles. The van der Waals surface area contributed by atoms with Gasteiger partial charge in [-0.15, -0.1) is 0 Å². The van der Waals surface area contributed by atoms with E-state index in [2.05, 4.69) is 9.47 Å². The largest absolute Gasteiger partial charge is 0.508 e. The average molecular weight is 429 g/mol. The Bertz CT molecular complexity index is 361.